The Morgan fingerprint density at radius 1 is 0.361 bits per heavy atom. The summed E-state index contributed by atoms with van der Waals surface area (Å²) in [6, 6.07) is 51.5. The van der Waals surface area contributed by atoms with Crippen LogP contribution in [0.4, 0.5) is 0 Å². The summed E-state index contributed by atoms with van der Waals surface area (Å²) >= 11 is 1.73. The summed E-state index contributed by atoms with van der Waals surface area (Å²) in [4.78, 5) is 0. The molecule has 180 valence electrons. The van der Waals surface area contributed by atoms with Crippen LogP contribution in [-0.2, 0) is 0 Å². The molecule has 5 rings (SSSR count). The molecular weight excluding hydrogens is 640 g/mol. The van der Waals surface area contributed by atoms with E-state index in [1.165, 1.54) is 17.8 Å². The van der Waals surface area contributed by atoms with Gasteiger partial charge in [0.25, 0.3) is 0 Å². The van der Waals surface area contributed by atoms with Gasteiger partial charge in [-0.05, 0) is 5.46 Å². The van der Waals surface area contributed by atoms with Crippen LogP contribution in [0.3, 0.4) is 0 Å². The molecule has 0 saturated carbocycles. The van der Waals surface area contributed by atoms with Crippen molar-refractivity contribution in [3.8, 4) is 0 Å². The van der Waals surface area contributed by atoms with Crippen molar-refractivity contribution in [1.82, 2.24) is 0 Å². The standard InChI is InChI=1S/C12H10Se2.C12H10Se.C6H7BO2/c1-3-7-11(8-4-1)13-14-12-9-5-2-6-10-12;1-3-7-11(8-4-1)13-12-9-5-2-6-10-12;8-7(9)6-4-2-1-3-5-6/h1-10H;1-10H;1-5,8-9H. The summed E-state index contributed by atoms with van der Waals surface area (Å²) in [7, 11) is -1.34. The van der Waals surface area contributed by atoms with Gasteiger partial charge in [0.1, 0.15) is 0 Å². The van der Waals surface area contributed by atoms with E-state index in [4.69, 9.17) is 10.0 Å². The van der Waals surface area contributed by atoms with E-state index in [1.54, 1.807) is 24.3 Å². The van der Waals surface area contributed by atoms with Gasteiger partial charge in [0.2, 0.25) is 0 Å². The van der Waals surface area contributed by atoms with E-state index in [-0.39, 0.29) is 0 Å². The van der Waals surface area contributed by atoms with Gasteiger partial charge in [-0.3, -0.25) is 0 Å². The van der Waals surface area contributed by atoms with Crippen LogP contribution in [0.5, 0.6) is 0 Å². The normalized spacial score (nSPS) is 9.72. The second-order valence-corrected chi connectivity index (χ2v) is 16.0. The monoisotopic (exact) mass is 670 g/mol. The van der Waals surface area contributed by atoms with Crippen LogP contribution in [0.15, 0.2) is 152 Å². The van der Waals surface area contributed by atoms with Crippen LogP contribution in [0.25, 0.3) is 0 Å². The van der Waals surface area contributed by atoms with Gasteiger partial charge in [-0.25, -0.2) is 0 Å². The zero-order chi connectivity index (χ0) is 25.3. The molecule has 5 aromatic rings. The summed E-state index contributed by atoms with van der Waals surface area (Å²) in [5.41, 5.74) is 0.525. The van der Waals surface area contributed by atoms with Crippen molar-refractivity contribution < 1.29 is 10.0 Å². The molecule has 0 aliphatic rings. The molecule has 36 heavy (non-hydrogen) atoms. The van der Waals surface area contributed by atoms with Gasteiger partial charge in [0.15, 0.2) is 0 Å². The summed E-state index contributed by atoms with van der Waals surface area (Å²) in [5, 5.41) is 17.2. The zero-order valence-corrected chi connectivity index (χ0v) is 24.8. The third-order valence-corrected chi connectivity index (χ3v) is 13.9. The van der Waals surface area contributed by atoms with E-state index >= 15 is 0 Å². The minimum absolute atomic E-state index is 0.461. The Morgan fingerprint density at radius 2 is 0.639 bits per heavy atom. The Bertz CT molecular complexity index is 1130. The molecule has 2 nitrogen and oxygen atoms in total. The molecule has 0 aromatic heterocycles. The Hall–Kier alpha value is -2.36. The molecule has 5 aromatic carbocycles. The third-order valence-electron chi connectivity index (χ3n) is 4.54. The molecule has 0 amide bonds. The second kappa shape index (κ2) is 17.2. The first-order chi connectivity index (χ1) is 17.7. The average molecular weight is 667 g/mol. The predicted molar refractivity (Wildman–Crippen MR) is 158 cm³/mol. The van der Waals surface area contributed by atoms with Gasteiger partial charge in [-0.2, -0.15) is 0 Å². The van der Waals surface area contributed by atoms with Crippen molar-refractivity contribution >= 4 is 71.6 Å². The Kier molecular flexibility index (Phi) is 13.5. The Balaban J connectivity index is 0.000000154. The van der Waals surface area contributed by atoms with Crippen LogP contribution >= 0.6 is 0 Å². The third kappa shape index (κ3) is 11.6. The summed E-state index contributed by atoms with van der Waals surface area (Å²) in [6.07, 6.45) is 0. The van der Waals surface area contributed by atoms with Gasteiger partial charge in [-0.15, -0.1) is 0 Å². The van der Waals surface area contributed by atoms with E-state index in [0.29, 0.717) is 46.7 Å². The van der Waals surface area contributed by atoms with Crippen molar-refractivity contribution in [3.05, 3.63) is 152 Å². The molecule has 0 heterocycles. The van der Waals surface area contributed by atoms with Crippen LogP contribution in [0, 0.1) is 0 Å². The first-order valence-electron chi connectivity index (χ1n) is 11.3. The summed E-state index contributed by atoms with van der Waals surface area (Å²) in [6.45, 7) is 0. The van der Waals surface area contributed by atoms with E-state index in [1.807, 2.05) is 6.07 Å². The maximum absolute atomic E-state index is 8.58. The molecule has 0 radical (unpaired) electrons. The molecule has 0 aliphatic carbocycles. The van der Waals surface area contributed by atoms with Gasteiger partial charge in [-0.1, -0.05) is 30.3 Å². The molecule has 0 aliphatic heterocycles. The quantitative estimate of drug-likeness (QED) is 0.271. The number of benzene rings is 5. The van der Waals surface area contributed by atoms with Crippen LogP contribution in [-0.4, -0.2) is 58.4 Å². The second-order valence-electron chi connectivity index (χ2n) is 7.31. The van der Waals surface area contributed by atoms with Gasteiger partial charge in [0, 0.05) is 0 Å². The van der Waals surface area contributed by atoms with Crippen molar-refractivity contribution in [2.45, 2.75) is 0 Å². The molecule has 0 saturated heterocycles. The minimum atomic E-state index is -1.34. The van der Waals surface area contributed by atoms with E-state index in [9.17, 15) is 0 Å². The summed E-state index contributed by atoms with van der Waals surface area (Å²) < 4.78 is 5.87. The number of hydrogen-bond acceptors (Lipinski definition) is 2. The van der Waals surface area contributed by atoms with Crippen LogP contribution in [0.2, 0.25) is 0 Å². The van der Waals surface area contributed by atoms with Gasteiger partial charge < -0.3 is 10.0 Å². The fraction of sp³-hybridized carbons (Fsp3) is 0. The Labute approximate surface area is 232 Å². The van der Waals surface area contributed by atoms with E-state index < -0.39 is 7.12 Å². The van der Waals surface area contributed by atoms with Crippen molar-refractivity contribution in [1.29, 1.82) is 0 Å². The molecule has 0 unspecified atom stereocenters. The van der Waals surface area contributed by atoms with Crippen LogP contribution < -0.4 is 23.3 Å². The van der Waals surface area contributed by atoms with Crippen molar-refractivity contribution in [3.63, 3.8) is 0 Å². The maximum atomic E-state index is 8.58. The van der Waals surface area contributed by atoms with Crippen molar-refractivity contribution in [2.75, 3.05) is 0 Å². The van der Waals surface area contributed by atoms with E-state index in [2.05, 4.69) is 121 Å². The Morgan fingerprint density at radius 3 is 0.917 bits per heavy atom. The fourth-order valence-corrected chi connectivity index (χ4v) is 10.6. The van der Waals surface area contributed by atoms with Crippen molar-refractivity contribution in [2.24, 2.45) is 0 Å². The van der Waals surface area contributed by atoms with Gasteiger partial charge in [0.05, 0.1) is 0 Å². The SMILES string of the molecule is OB(O)c1ccccc1.c1ccc([Se][Se]c2ccccc2)cc1.c1ccc([Se]c2ccccc2)cc1. The first-order valence-corrected chi connectivity index (χ1v) is 19.1. The zero-order valence-electron chi connectivity index (χ0n) is 19.6. The molecule has 0 atom stereocenters. The van der Waals surface area contributed by atoms with Crippen LogP contribution in [0.1, 0.15) is 0 Å². The summed E-state index contributed by atoms with van der Waals surface area (Å²) in [5.74, 6) is 0. The molecule has 2 N–H and O–H groups in total. The molecule has 0 spiro atoms. The molecule has 0 bridgehead atoms. The number of hydrogen-bond donors (Lipinski definition) is 2. The molecule has 6 heteroatoms. The molecule has 0 fully saturated rings. The van der Waals surface area contributed by atoms with E-state index in [0.717, 1.165) is 0 Å². The average Bonchev–Trinajstić information content (AvgIpc) is 2.95. The first kappa shape index (κ1) is 28.2. The number of rotatable bonds is 6. The molecular formula is C30H27BO2Se3. The fourth-order valence-electron chi connectivity index (χ4n) is 2.79. The predicted octanol–water partition coefficient (Wildman–Crippen LogP) is 1.67. The van der Waals surface area contributed by atoms with Gasteiger partial charge >= 0.3 is 188 Å². The topological polar surface area (TPSA) is 40.5 Å².